The van der Waals surface area contributed by atoms with E-state index in [9.17, 15) is 4.79 Å². The van der Waals surface area contributed by atoms with Crippen molar-refractivity contribution in [3.8, 4) is 0 Å². The maximum atomic E-state index is 11.2. The van der Waals surface area contributed by atoms with Crippen molar-refractivity contribution in [2.75, 3.05) is 0 Å². The molecule has 0 aromatic heterocycles. The number of hydrogen-bond acceptors (Lipinski definition) is 1. The van der Waals surface area contributed by atoms with Crippen molar-refractivity contribution in [1.82, 2.24) is 5.32 Å². The zero-order valence-electron chi connectivity index (χ0n) is 7.59. The standard InChI is InChI=1S/C11H10ClNO/c12-9-3-1-2-7-8(9)4-6-5-10(14)13-11(6)7/h1-3,6,11H,4-5H2,(H,13,14). The Hall–Kier alpha value is -1.02. The molecular weight excluding hydrogens is 198 g/mol. The summed E-state index contributed by atoms with van der Waals surface area (Å²) in [5, 5.41) is 3.84. The number of carbonyl (C=O) groups is 1. The monoisotopic (exact) mass is 207 g/mol. The summed E-state index contributed by atoms with van der Waals surface area (Å²) >= 11 is 6.11. The SMILES string of the molecule is O=C1CC2Cc3c(Cl)cccc3C2N1. The number of carbonyl (C=O) groups excluding carboxylic acids is 1. The molecular formula is C11H10ClNO. The van der Waals surface area contributed by atoms with Crippen molar-refractivity contribution < 1.29 is 4.79 Å². The van der Waals surface area contributed by atoms with Gasteiger partial charge in [0, 0.05) is 11.4 Å². The largest absolute Gasteiger partial charge is 0.349 e. The van der Waals surface area contributed by atoms with Crippen LogP contribution >= 0.6 is 11.6 Å². The number of rotatable bonds is 0. The van der Waals surface area contributed by atoms with Gasteiger partial charge in [0.1, 0.15) is 0 Å². The van der Waals surface area contributed by atoms with Crippen molar-refractivity contribution in [2.45, 2.75) is 18.9 Å². The second kappa shape index (κ2) is 2.74. The second-order valence-corrected chi connectivity index (χ2v) is 4.43. The summed E-state index contributed by atoms with van der Waals surface area (Å²) in [6.45, 7) is 0. The van der Waals surface area contributed by atoms with Gasteiger partial charge in [0.2, 0.25) is 5.91 Å². The molecule has 1 fully saturated rings. The van der Waals surface area contributed by atoms with Crippen molar-refractivity contribution in [1.29, 1.82) is 0 Å². The average Bonchev–Trinajstić information content (AvgIpc) is 2.63. The van der Waals surface area contributed by atoms with Gasteiger partial charge in [-0.25, -0.2) is 0 Å². The lowest BCUT2D eigenvalue weighted by atomic mass is 10.0. The molecule has 2 aliphatic rings. The highest BCUT2D eigenvalue weighted by atomic mass is 35.5. The van der Waals surface area contributed by atoms with Crippen LogP contribution in [0, 0.1) is 5.92 Å². The summed E-state index contributed by atoms with van der Waals surface area (Å²) in [6, 6.07) is 6.16. The molecule has 2 nitrogen and oxygen atoms in total. The van der Waals surface area contributed by atoms with Gasteiger partial charge in [0.25, 0.3) is 0 Å². The van der Waals surface area contributed by atoms with Crippen LogP contribution in [-0.2, 0) is 11.2 Å². The van der Waals surface area contributed by atoms with E-state index < -0.39 is 0 Å². The molecule has 72 valence electrons. The van der Waals surface area contributed by atoms with Crippen LogP contribution < -0.4 is 5.32 Å². The quantitative estimate of drug-likeness (QED) is 0.694. The molecule has 2 atom stereocenters. The number of benzene rings is 1. The van der Waals surface area contributed by atoms with Crippen molar-refractivity contribution >= 4 is 17.5 Å². The van der Waals surface area contributed by atoms with E-state index >= 15 is 0 Å². The minimum Gasteiger partial charge on any atom is -0.349 e. The van der Waals surface area contributed by atoms with Gasteiger partial charge in [-0.3, -0.25) is 4.79 Å². The fourth-order valence-electron chi connectivity index (χ4n) is 2.57. The average molecular weight is 208 g/mol. The van der Waals surface area contributed by atoms with Crippen molar-refractivity contribution in [2.24, 2.45) is 5.92 Å². The molecule has 1 aromatic rings. The molecule has 0 radical (unpaired) electrons. The lowest BCUT2D eigenvalue weighted by molar-refractivity contribution is -0.119. The summed E-state index contributed by atoms with van der Waals surface area (Å²) in [4.78, 5) is 11.2. The smallest absolute Gasteiger partial charge is 0.220 e. The number of hydrogen-bond donors (Lipinski definition) is 1. The van der Waals surface area contributed by atoms with Crippen LogP contribution in [0.15, 0.2) is 18.2 Å². The number of fused-ring (bicyclic) bond motifs is 3. The van der Waals surface area contributed by atoms with Crippen LogP contribution in [0.3, 0.4) is 0 Å². The molecule has 0 bridgehead atoms. The molecule has 3 heteroatoms. The molecule has 1 aromatic carbocycles. The van der Waals surface area contributed by atoms with Crippen LogP contribution in [0.5, 0.6) is 0 Å². The van der Waals surface area contributed by atoms with E-state index in [1.165, 1.54) is 11.1 Å². The molecule has 2 unspecified atom stereocenters. The Morgan fingerprint density at radius 1 is 1.36 bits per heavy atom. The molecule has 0 saturated carbocycles. The van der Waals surface area contributed by atoms with Gasteiger partial charge >= 0.3 is 0 Å². The maximum absolute atomic E-state index is 11.2. The molecule has 1 N–H and O–H groups in total. The van der Waals surface area contributed by atoms with Crippen LogP contribution in [0.2, 0.25) is 5.02 Å². The summed E-state index contributed by atoms with van der Waals surface area (Å²) in [7, 11) is 0. The van der Waals surface area contributed by atoms with Gasteiger partial charge in [-0.05, 0) is 29.5 Å². The van der Waals surface area contributed by atoms with Crippen LogP contribution in [-0.4, -0.2) is 5.91 Å². The Morgan fingerprint density at radius 2 is 2.21 bits per heavy atom. The molecule has 1 aliphatic carbocycles. The Balaban J connectivity index is 2.09. The molecule has 1 aliphatic heterocycles. The first kappa shape index (κ1) is 8.30. The predicted octanol–water partition coefficient (Wildman–Crippen LogP) is 2.07. The number of amides is 1. The van der Waals surface area contributed by atoms with E-state index in [-0.39, 0.29) is 11.9 Å². The minimum atomic E-state index is 0.172. The summed E-state index contributed by atoms with van der Waals surface area (Å²) in [5.74, 6) is 0.600. The van der Waals surface area contributed by atoms with Gasteiger partial charge in [-0.1, -0.05) is 23.7 Å². The maximum Gasteiger partial charge on any atom is 0.220 e. The minimum absolute atomic E-state index is 0.172. The number of halogens is 1. The Kier molecular flexibility index (Phi) is 1.62. The van der Waals surface area contributed by atoms with Gasteiger partial charge in [0.15, 0.2) is 0 Å². The fraction of sp³-hybridized carbons (Fsp3) is 0.364. The van der Waals surface area contributed by atoms with E-state index in [0.29, 0.717) is 12.3 Å². The zero-order chi connectivity index (χ0) is 9.71. The van der Waals surface area contributed by atoms with E-state index in [1.807, 2.05) is 12.1 Å². The van der Waals surface area contributed by atoms with E-state index in [4.69, 9.17) is 11.6 Å². The Morgan fingerprint density at radius 3 is 3.07 bits per heavy atom. The van der Waals surface area contributed by atoms with Gasteiger partial charge in [-0.2, -0.15) is 0 Å². The first-order valence-electron chi connectivity index (χ1n) is 4.82. The molecule has 14 heavy (non-hydrogen) atoms. The molecule has 1 saturated heterocycles. The first-order valence-corrected chi connectivity index (χ1v) is 5.20. The summed E-state index contributed by atoms with van der Waals surface area (Å²) in [5.41, 5.74) is 2.44. The van der Waals surface area contributed by atoms with Gasteiger partial charge < -0.3 is 5.32 Å². The lowest BCUT2D eigenvalue weighted by Crippen LogP contribution is -2.18. The van der Waals surface area contributed by atoms with Crippen LogP contribution in [0.1, 0.15) is 23.6 Å². The molecule has 3 rings (SSSR count). The van der Waals surface area contributed by atoms with Gasteiger partial charge in [0.05, 0.1) is 6.04 Å². The van der Waals surface area contributed by atoms with Gasteiger partial charge in [-0.15, -0.1) is 0 Å². The predicted molar refractivity (Wildman–Crippen MR) is 54.1 cm³/mol. The Labute approximate surface area is 87.3 Å². The molecule has 1 heterocycles. The van der Waals surface area contributed by atoms with E-state index in [0.717, 1.165) is 11.4 Å². The summed E-state index contributed by atoms with van der Waals surface area (Å²) < 4.78 is 0. The van der Waals surface area contributed by atoms with Crippen molar-refractivity contribution in [3.05, 3.63) is 34.3 Å². The van der Waals surface area contributed by atoms with Crippen LogP contribution in [0.4, 0.5) is 0 Å². The van der Waals surface area contributed by atoms with Crippen molar-refractivity contribution in [3.63, 3.8) is 0 Å². The highest BCUT2D eigenvalue weighted by Crippen LogP contribution is 2.43. The Bertz CT molecular complexity index is 416. The fourth-order valence-corrected chi connectivity index (χ4v) is 2.83. The van der Waals surface area contributed by atoms with Crippen LogP contribution in [0.25, 0.3) is 0 Å². The second-order valence-electron chi connectivity index (χ2n) is 4.02. The highest BCUT2D eigenvalue weighted by Gasteiger charge is 2.40. The molecule has 0 spiro atoms. The normalized spacial score (nSPS) is 28.5. The molecule has 1 amide bonds. The number of nitrogens with one attached hydrogen (secondary N) is 1. The van der Waals surface area contributed by atoms with E-state index in [1.54, 1.807) is 0 Å². The third kappa shape index (κ3) is 1.01. The highest BCUT2D eigenvalue weighted by molar-refractivity contribution is 6.31. The first-order chi connectivity index (χ1) is 6.75. The lowest BCUT2D eigenvalue weighted by Gasteiger charge is -2.09. The van der Waals surface area contributed by atoms with E-state index in [2.05, 4.69) is 11.4 Å². The summed E-state index contributed by atoms with van der Waals surface area (Å²) in [6.07, 6.45) is 1.59. The third-order valence-electron chi connectivity index (χ3n) is 3.19. The zero-order valence-corrected chi connectivity index (χ0v) is 8.34. The third-order valence-corrected chi connectivity index (χ3v) is 3.55. The topological polar surface area (TPSA) is 29.1 Å².